The Hall–Kier alpha value is -4.65. The summed E-state index contributed by atoms with van der Waals surface area (Å²) in [4.78, 5) is 82.6. The van der Waals surface area contributed by atoms with Crippen LogP contribution in [0.25, 0.3) is 10.6 Å². The number of carbonyl (C=O) groups excluding carboxylic acids is 5. The van der Waals surface area contributed by atoms with Gasteiger partial charge in [-0.1, -0.05) is 50.1 Å². The predicted octanol–water partition coefficient (Wildman–Crippen LogP) is 4.82. The van der Waals surface area contributed by atoms with Crippen molar-refractivity contribution in [1.82, 2.24) is 25.5 Å². The molecule has 3 aromatic rings. The molecule has 2 heterocycles. The fourth-order valence-corrected chi connectivity index (χ4v) is 8.11. The van der Waals surface area contributed by atoms with E-state index < -0.39 is 35.1 Å². The van der Waals surface area contributed by atoms with Gasteiger partial charge in [0.05, 0.1) is 5.69 Å². The van der Waals surface area contributed by atoms with Gasteiger partial charge in [-0.25, -0.2) is 4.98 Å². The number of aromatic nitrogens is 2. The number of amides is 4. The Kier molecular flexibility index (Phi) is 11.8. The first-order valence-corrected chi connectivity index (χ1v) is 17.8. The molecule has 4 N–H and O–H groups in total. The van der Waals surface area contributed by atoms with E-state index in [4.69, 9.17) is 0 Å². The van der Waals surface area contributed by atoms with Crippen LogP contribution in [0.5, 0.6) is 0 Å². The Balaban J connectivity index is 0.00000351. The van der Waals surface area contributed by atoms with Gasteiger partial charge < -0.3 is 25.8 Å². The van der Waals surface area contributed by atoms with Crippen molar-refractivity contribution in [1.29, 1.82) is 0 Å². The van der Waals surface area contributed by atoms with Gasteiger partial charge in [0.15, 0.2) is 0 Å². The lowest BCUT2D eigenvalue weighted by atomic mass is 9.64. The van der Waals surface area contributed by atoms with E-state index in [1.807, 2.05) is 30.3 Å². The molecule has 5 rings (SSSR count). The Morgan fingerprint density at radius 3 is 2.43 bits per heavy atom. The fraction of sp³-hybridized carbons (Fsp3) is 0.472. The van der Waals surface area contributed by atoms with E-state index in [0.717, 1.165) is 49.0 Å². The number of aryl methyl sites for hydroxylation is 1. The van der Waals surface area contributed by atoms with Gasteiger partial charge in [0, 0.05) is 37.0 Å². The van der Waals surface area contributed by atoms with Crippen molar-refractivity contribution in [2.75, 3.05) is 12.4 Å². The lowest BCUT2D eigenvalue weighted by molar-refractivity contribution is -0.137. The number of rotatable bonds is 13. The third-order valence-corrected chi connectivity index (χ3v) is 10.9. The smallest absolute Gasteiger partial charge is 0.287 e. The summed E-state index contributed by atoms with van der Waals surface area (Å²) in [6, 6.07) is 11.2. The minimum absolute atomic E-state index is 0. The zero-order valence-corrected chi connectivity index (χ0v) is 28.9. The Morgan fingerprint density at radius 1 is 1.04 bits per heavy atom. The van der Waals surface area contributed by atoms with Gasteiger partial charge >= 0.3 is 0 Å². The number of nitrogens with zero attached hydrogens (tertiary/aromatic N) is 2. The first-order chi connectivity index (χ1) is 23.6. The molecule has 2 unspecified atom stereocenters. The minimum atomic E-state index is -1.27. The van der Waals surface area contributed by atoms with Crippen LogP contribution >= 0.6 is 11.3 Å². The third kappa shape index (κ3) is 8.69. The number of thiazole rings is 1. The molecule has 12 nitrogen and oxygen atoms in total. The molecule has 4 amide bonds. The van der Waals surface area contributed by atoms with Gasteiger partial charge in [0.2, 0.25) is 17.6 Å². The maximum Gasteiger partial charge on any atom is 0.287 e. The molecule has 0 radical (unpaired) electrons. The van der Waals surface area contributed by atoms with E-state index in [9.17, 15) is 28.8 Å². The second-order valence-corrected chi connectivity index (χ2v) is 14.0. The second kappa shape index (κ2) is 16.2. The number of hydrogen-bond donors (Lipinski definition) is 4. The predicted molar refractivity (Wildman–Crippen MR) is 195 cm³/mol. The lowest BCUT2D eigenvalue weighted by Crippen LogP contribution is -2.52. The number of carbonyl (C=O) groups is 5. The van der Waals surface area contributed by atoms with Crippen LogP contribution in [-0.2, 0) is 25.7 Å². The van der Waals surface area contributed by atoms with Crippen LogP contribution < -0.4 is 26.8 Å². The summed E-state index contributed by atoms with van der Waals surface area (Å²) in [7, 11) is 1.33. The Labute approximate surface area is 295 Å². The summed E-state index contributed by atoms with van der Waals surface area (Å²) in [5.41, 5.74) is 0.630. The number of nitrogens with one attached hydrogen (secondary N) is 4. The summed E-state index contributed by atoms with van der Waals surface area (Å²) in [6.07, 6.45) is 7.73. The second-order valence-electron chi connectivity index (χ2n) is 13.0. The van der Waals surface area contributed by atoms with Crippen LogP contribution in [0.2, 0.25) is 0 Å². The average Bonchev–Trinajstić information content (AvgIpc) is 3.49. The molecule has 49 heavy (non-hydrogen) atoms. The van der Waals surface area contributed by atoms with Gasteiger partial charge in [-0.3, -0.25) is 28.8 Å². The summed E-state index contributed by atoms with van der Waals surface area (Å²) in [5, 5.41) is 11.4. The van der Waals surface area contributed by atoms with E-state index in [1.165, 1.54) is 30.3 Å². The molecule has 1 aromatic carbocycles. The van der Waals surface area contributed by atoms with Crippen molar-refractivity contribution in [3.05, 3.63) is 69.6 Å². The highest BCUT2D eigenvalue weighted by Gasteiger charge is 2.40. The number of likely N-dealkylation sites (N-methyl/N-ethyl adjacent to an activating group) is 1. The van der Waals surface area contributed by atoms with E-state index in [-0.39, 0.29) is 47.6 Å². The van der Waals surface area contributed by atoms with E-state index in [0.29, 0.717) is 28.5 Å². The summed E-state index contributed by atoms with van der Waals surface area (Å²) >= 11 is 1.16. The normalized spacial score (nSPS) is 20.5. The van der Waals surface area contributed by atoms with Crippen LogP contribution in [0.1, 0.15) is 79.4 Å². The fourth-order valence-electron chi connectivity index (χ4n) is 7.13. The molecule has 3 atom stereocenters. The van der Waals surface area contributed by atoms with Crippen molar-refractivity contribution in [3.63, 3.8) is 0 Å². The lowest BCUT2D eigenvalue weighted by Gasteiger charge is -2.46. The Morgan fingerprint density at radius 2 is 1.76 bits per heavy atom. The number of fused-ring (bicyclic) bond motifs is 2. The number of pyridine rings is 1. The van der Waals surface area contributed by atoms with Crippen LogP contribution in [0.15, 0.2) is 53.5 Å². The maximum absolute atomic E-state index is 13.6. The first kappa shape index (κ1) is 35.7. The van der Waals surface area contributed by atoms with Crippen molar-refractivity contribution in [2.24, 2.45) is 17.8 Å². The first-order valence-electron chi connectivity index (χ1n) is 17.0. The van der Waals surface area contributed by atoms with Crippen molar-refractivity contribution in [3.8, 4) is 10.6 Å². The zero-order chi connectivity index (χ0) is 35.1. The van der Waals surface area contributed by atoms with Crippen molar-refractivity contribution < 1.29 is 29.7 Å². The largest absolute Gasteiger partial charge is 0.353 e. The molecule has 0 saturated heterocycles. The number of Topliss-reactive ketones (excluding diaryl/α,β-unsaturated/α-hetero) is 1. The molecule has 2 aromatic heterocycles. The molecule has 2 bridgehead atoms. The van der Waals surface area contributed by atoms with Crippen LogP contribution in [-0.4, -0.2) is 58.1 Å². The molecular weight excluding hydrogens is 644 g/mol. The number of ketones is 1. The molecule has 268 valence electrons. The number of benzene rings is 1. The quantitative estimate of drug-likeness (QED) is 0.186. The number of hydrogen-bond acceptors (Lipinski definition) is 8. The highest BCUT2D eigenvalue weighted by atomic mass is 32.1. The van der Waals surface area contributed by atoms with Crippen LogP contribution in [0, 0.1) is 24.7 Å². The molecule has 2 saturated carbocycles. The van der Waals surface area contributed by atoms with E-state index in [1.54, 1.807) is 13.0 Å². The van der Waals surface area contributed by atoms with E-state index in [2.05, 4.69) is 33.2 Å². The molecule has 2 aliphatic rings. The molecule has 13 heteroatoms. The van der Waals surface area contributed by atoms with Gasteiger partial charge in [-0.15, -0.1) is 11.3 Å². The van der Waals surface area contributed by atoms with Crippen molar-refractivity contribution >= 4 is 46.4 Å². The van der Waals surface area contributed by atoms with Crippen LogP contribution in [0.4, 0.5) is 5.69 Å². The molecule has 0 aliphatic heterocycles. The topological polar surface area (TPSA) is 168 Å². The molecule has 2 fully saturated rings. The van der Waals surface area contributed by atoms with Gasteiger partial charge in [-0.05, 0) is 68.9 Å². The third-order valence-electron chi connectivity index (χ3n) is 9.72. The SMILES string of the molecule is CCC1CC2CCCC(C1)C2NC(=O)Cn1cccc(NC(=O)[C@H](CCC(=O)C(=O)NC)NC(=O)c2sc(-c3ccccc3)nc2C)c1=O.[HH].[HH].[HH].[HH]. The van der Waals surface area contributed by atoms with Crippen molar-refractivity contribution in [2.45, 2.75) is 83.8 Å². The molecular formula is C36H52N6O6S. The van der Waals surface area contributed by atoms with Gasteiger partial charge in [-0.2, -0.15) is 0 Å². The summed E-state index contributed by atoms with van der Waals surface area (Å²) in [6.45, 7) is 3.71. The maximum atomic E-state index is 13.6. The van der Waals surface area contributed by atoms with Gasteiger partial charge in [0.1, 0.15) is 28.2 Å². The molecule has 2 aliphatic carbocycles. The summed E-state index contributed by atoms with van der Waals surface area (Å²) < 4.78 is 1.24. The molecule has 0 spiro atoms. The Bertz CT molecular complexity index is 1760. The highest BCUT2D eigenvalue weighted by molar-refractivity contribution is 7.17. The average molecular weight is 697 g/mol. The number of anilines is 1. The zero-order valence-electron chi connectivity index (χ0n) is 28.1. The van der Waals surface area contributed by atoms with E-state index >= 15 is 0 Å². The summed E-state index contributed by atoms with van der Waals surface area (Å²) in [5.74, 6) is -1.56. The van der Waals surface area contributed by atoms with Crippen LogP contribution in [0.3, 0.4) is 0 Å². The van der Waals surface area contributed by atoms with Gasteiger partial charge in [0.25, 0.3) is 17.4 Å². The standard InChI is InChI=1S/C36H44N6O6S.4H2/c1-4-22-18-24-12-8-13-25(19-22)30(24)41-29(44)20-42-17-9-14-27(36(42)48)40-32(45)26(15-16-28(43)33(46)37-3)39-34(47)31-21(2)38-35(49-31)23-10-6-5-7-11-23;;;;/h5-7,9-11,14,17,22,24-26,30H,4,8,12-13,15-16,18-20H2,1-3H3,(H,37,46)(H,39,47)(H,40,45)(H,41,44);4*1H/t22?,24?,25?,26-,30?;;;;/m0..../s1. The monoisotopic (exact) mass is 696 g/mol. The minimum Gasteiger partial charge on any atom is -0.353 e. The highest BCUT2D eigenvalue weighted by Crippen LogP contribution is 2.43.